The maximum atomic E-state index is 11.4. The van der Waals surface area contributed by atoms with Crippen molar-refractivity contribution in [1.82, 2.24) is 19.5 Å². The van der Waals surface area contributed by atoms with Gasteiger partial charge in [0.15, 0.2) is 6.23 Å². The van der Waals surface area contributed by atoms with Crippen LogP contribution in [0.1, 0.15) is 24.6 Å². The molecule has 10 heteroatoms. The molecule has 0 bridgehead atoms. The summed E-state index contributed by atoms with van der Waals surface area (Å²) < 4.78 is 8.82. The van der Waals surface area contributed by atoms with Crippen molar-refractivity contribution < 1.29 is 14.9 Å². The van der Waals surface area contributed by atoms with Gasteiger partial charge in [-0.3, -0.25) is 0 Å². The summed E-state index contributed by atoms with van der Waals surface area (Å²) in [6, 6.07) is 9.85. The first-order valence-corrected chi connectivity index (χ1v) is 11.6. The van der Waals surface area contributed by atoms with E-state index in [4.69, 9.17) is 16.2 Å². The molecule has 1 unspecified atom stereocenters. The Morgan fingerprint density at radius 3 is 2.88 bits per heavy atom. The summed E-state index contributed by atoms with van der Waals surface area (Å²) >= 11 is 3.42. The van der Waals surface area contributed by atoms with E-state index in [1.54, 1.807) is 16.8 Å². The second-order valence-corrected chi connectivity index (χ2v) is 9.84. The first-order valence-electron chi connectivity index (χ1n) is 10.8. The number of hydrogen-bond donors (Lipinski definition) is 4. The predicted molar refractivity (Wildman–Crippen MR) is 127 cm³/mol. The smallest absolute Gasteiger partial charge is 0.164 e. The van der Waals surface area contributed by atoms with Crippen LogP contribution in [0.25, 0.3) is 21.9 Å². The van der Waals surface area contributed by atoms with Gasteiger partial charge in [-0.2, -0.15) is 0 Å². The number of hydrogen-bond acceptors (Lipinski definition) is 8. The Morgan fingerprint density at radius 2 is 2.03 bits per heavy atom. The normalized spacial score (nSPS) is 29.2. The molecule has 9 nitrogen and oxygen atoms in total. The number of pyridine rings is 1. The number of nitrogens with zero attached hydrogens (tertiary/aromatic N) is 4. The van der Waals surface area contributed by atoms with E-state index in [1.165, 1.54) is 6.33 Å². The topological polar surface area (TPSA) is 145 Å². The van der Waals surface area contributed by atoms with Crippen LogP contribution < -0.4 is 11.5 Å². The minimum atomic E-state index is -1.32. The summed E-state index contributed by atoms with van der Waals surface area (Å²) in [5.41, 5.74) is 13.1. The number of anilines is 2. The van der Waals surface area contributed by atoms with Gasteiger partial charge in [0.2, 0.25) is 0 Å². The van der Waals surface area contributed by atoms with Crippen LogP contribution in [0.2, 0.25) is 0 Å². The number of benzene rings is 1. The lowest BCUT2D eigenvalue weighted by atomic mass is 9.90. The van der Waals surface area contributed by atoms with E-state index in [0.29, 0.717) is 35.5 Å². The molecule has 0 spiro atoms. The lowest BCUT2D eigenvalue weighted by molar-refractivity contribution is -0.0675. The van der Waals surface area contributed by atoms with Gasteiger partial charge in [0.25, 0.3) is 0 Å². The van der Waals surface area contributed by atoms with E-state index >= 15 is 0 Å². The number of rotatable bonds is 3. The summed E-state index contributed by atoms with van der Waals surface area (Å²) in [4.78, 5) is 12.8. The van der Waals surface area contributed by atoms with Crippen molar-refractivity contribution in [3.63, 3.8) is 0 Å². The zero-order valence-corrected chi connectivity index (χ0v) is 19.2. The Kier molecular flexibility index (Phi) is 4.64. The van der Waals surface area contributed by atoms with E-state index in [1.807, 2.05) is 18.2 Å². The first kappa shape index (κ1) is 20.8. The fourth-order valence-corrected chi connectivity index (χ4v) is 5.72. The van der Waals surface area contributed by atoms with Crippen LogP contribution >= 0.6 is 15.9 Å². The molecule has 33 heavy (non-hydrogen) atoms. The number of aromatic nitrogens is 4. The van der Waals surface area contributed by atoms with Crippen molar-refractivity contribution in [2.45, 2.75) is 43.3 Å². The zero-order valence-electron chi connectivity index (χ0n) is 17.6. The van der Waals surface area contributed by atoms with Crippen molar-refractivity contribution in [2.75, 3.05) is 11.5 Å². The Hall–Kier alpha value is -2.79. The number of nitrogens with two attached hydrogens (primary N) is 2. The third-order valence-corrected chi connectivity index (χ3v) is 7.71. The average molecular weight is 511 g/mol. The van der Waals surface area contributed by atoms with Crippen LogP contribution in [0.3, 0.4) is 0 Å². The molecular weight excluding hydrogens is 488 g/mol. The molecule has 1 aliphatic heterocycles. The third kappa shape index (κ3) is 3.12. The van der Waals surface area contributed by atoms with Crippen molar-refractivity contribution in [3.05, 3.63) is 52.9 Å². The number of halogens is 1. The van der Waals surface area contributed by atoms with Gasteiger partial charge in [-0.25, -0.2) is 15.0 Å². The van der Waals surface area contributed by atoms with Crippen LogP contribution in [0, 0.1) is 5.92 Å². The standard InChI is InChI=1S/C23H23BrN6O3/c24-15-9-12-2-1-11(8-16(12)29-20(15)26)7-13-3-5-23(32)17(31)22(33-18(13)23)30-6-4-14-19(25)27-10-28-21(14)30/h1-2,4,6,8-10,13,17-18,22,31-32H,3,5,7H2,(H2,26,29)(H2,25,27,28)/t13-,17?,18+,22+,23-/m0/s1. The quantitative estimate of drug-likeness (QED) is 0.329. The monoisotopic (exact) mass is 510 g/mol. The SMILES string of the molecule is Nc1nc2cc(C[C@@H]3CC[C@]4(O)C(O)[C@H](n5ccc6c(N)ncnc65)O[C@H]34)ccc2cc1Br. The number of ether oxygens (including phenoxy) is 1. The largest absolute Gasteiger partial charge is 0.385 e. The van der Waals surface area contributed by atoms with E-state index in [0.717, 1.165) is 27.4 Å². The van der Waals surface area contributed by atoms with E-state index in [9.17, 15) is 10.2 Å². The summed E-state index contributed by atoms with van der Waals surface area (Å²) in [6.07, 6.45) is 2.70. The highest BCUT2D eigenvalue weighted by Crippen LogP contribution is 2.50. The van der Waals surface area contributed by atoms with Gasteiger partial charge in [0, 0.05) is 11.6 Å². The summed E-state index contributed by atoms with van der Waals surface area (Å²) in [6.45, 7) is 0. The molecule has 6 rings (SSSR count). The molecule has 1 aliphatic carbocycles. The fraction of sp³-hybridized carbons (Fsp3) is 0.348. The van der Waals surface area contributed by atoms with Crippen LogP contribution in [-0.4, -0.2) is 47.5 Å². The second-order valence-electron chi connectivity index (χ2n) is 8.99. The van der Waals surface area contributed by atoms with Gasteiger partial charge in [-0.1, -0.05) is 12.1 Å². The molecule has 4 aromatic rings. The van der Waals surface area contributed by atoms with Gasteiger partial charge in [-0.05, 0) is 64.9 Å². The molecule has 2 aliphatic rings. The molecule has 1 aromatic carbocycles. The highest BCUT2D eigenvalue weighted by molar-refractivity contribution is 9.10. The lowest BCUT2D eigenvalue weighted by Crippen LogP contribution is -2.45. The minimum absolute atomic E-state index is 0.0430. The molecule has 6 N–H and O–H groups in total. The van der Waals surface area contributed by atoms with Crippen LogP contribution in [-0.2, 0) is 11.2 Å². The molecule has 2 fully saturated rings. The van der Waals surface area contributed by atoms with Gasteiger partial charge in [0.1, 0.15) is 35.3 Å². The molecule has 3 aromatic heterocycles. The third-order valence-electron chi connectivity index (χ3n) is 7.08. The molecular formula is C23H23BrN6O3. The van der Waals surface area contributed by atoms with Crippen molar-refractivity contribution in [1.29, 1.82) is 0 Å². The maximum Gasteiger partial charge on any atom is 0.164 e. The van der Waals surface area contributed by atoms with Crippen LogP contribution in [0.4, 0.5) is 11.6 Å². The summed E-state index contributed by atoms with van der Waals surface area (Å²) in [7, 11) is 0. The highest BCUT2D eigenvalue weighted by atomic mass is 79.9. The van der Waals surface area contributed by atoms with Gasteiger partial charge < -0.3 is 31.0 Å². The summed E-state index contributed by atoms with van der Waals surface area (Å²) in [5.74, 6) is 0.852. The lowest BCUT2D eigenvalue weighted by Gasteiger charge is -2.26. The number of fused-ring (bicyclic) bond motifs is 3. The first-order chi connectivity index (χ1) is 15.8. The molecule has 0 radical (unpaired) electrons. The van der Waals surface area contributed by atoms with Crippen molar-refractivity contribution >= 4 is 49.5 Å². The van der Waals surface area contributed by atoms with Crippen LogP contribution in [0.5, 0.6) is 0 Å². The average Bonchev–Trinajstić information content (AvgIpc) is 3.42. The van der Waals surface area contributed by atoms with Crippen molar-refractivity contribution in [3.8, 4) is 0 Å². The van der Waals surface area contributed by atoms with Crippen LogP contribution in [0.15, 0.2) is 47.3 Å². The zero-order chi connectivity index (χ0) is 22.9. The molecule has 1 saturated heterocycles. The second kappa shape index (κ2) is 7.36. The predicted octanol–water partition coefficient (Wildman–Crippen LogP) is 2.55. The molecule has 5 atom stereocenters. The highest BCUT2D eigenvalue weighted by Gasteiger charge is 2.61. The number of aliphatic hydroxyl groups excluding tert-OH is 1. The van der Waals surface area contributed by atoms with Gasteiger partial charge >= 0.3 is 0 Å². The van der Waals surface area contributed by atoms with E-state index < -0.39 is 24.0 Å². The fourth-order valence-electron chi connectivity index (χ4n) is 5.39. The number of aliphatic hydroxyl groups is 2. The maximum absolute atomic E-state index is 11.4. The van der Waals surface area contributed by atoms with Crippen molar-refractivity contribution in [2.24, 2.45) is 5.92 Å². The molecule has 170 valence electrons. The van der Waals surface area contributed by atoms with E-state index in [2.05, 4.69) is 36.9 Å². The minimum Gasteiger partial charge on any atom is -0.385 e. The van der Waals surface area contributed by atoms with E-state index in [-0.39, 0.29) is 5.92 Å². The molecule has 0 amide bonds. The molecule has 4 heterocycles. The Labute approximate surface area is 197 Å². The Bertz CT molecular complexity index is 1390. The van der Waals surface area contributed by atoms with Gasteiger partial charge in [0.05, 0.1) is 21.5 Å². The summed E-state index contributed by atoms with van der Waals surface area (Å²) in [5, 5.41) is 24.2. The van der Waals surface area contributed by atoms with Gasteiger partial charge in [-0.15, -0.1) is 0 Å². The Morgan fingerprint density at radius 1 is 1.18 bits per heavy atom. The Balaban J connectivity index is 1.29. The number of nitrogen functional groups attached to an aromatic ring is 2. The molecule has 1 saturated carbocycles.